The summed E-state index contributed by atoms with van der Waals surface area (Å²) in [5.41, 5.74) is 6.17. The van der Waals surface area contributed by atoms with E-state index in [1.165, 1.54) is 5.69 Å². The Morgan fingerprint density at radius 1 is 1.00 bits per heavy atom. The average Bonchev–Trinajstić information content (AvgIpc) is 2.58. The highest BCUT2D eigenvalue weighted by atomic mass is 35.5. The summed E-state index contributed by atoms with van der Waals surface area (Å²) in [6.45, 7) is 3.50. The zero-order valence-electron chi connectivity index (χ0n) is 12.2. The maximum absolute atomic E-state index is 5.84. The van der Waals surface area contributed by atoms with Gasteiger partial charge in [-0.3, -0.25) is 5.43 Å². The third kappa shape index (κ3) is 4.00. The first-order valence-electron chi connectivity index (χ1n) is 7.29. The molecule has 0 bridgehead atoms. The van der Waals surface area contributed by atoms with Crippen LogP contribution in [-0.2, 0) is 4.74 Å². The molecule has 1 aliphatic heterocycles. The molecular weight excluding hydrogens is 298 g/mol. The highest BCUT2D eigenvalue weighted by molar-refractivity contribution is 6.30. The molecule has 2 aromatic rings. The van der Waals surface area contributed by atoms with Crippen molar-refractivity contribution in [2.24, 2.45) is 5.10 Å². The molecule has 1 fully saturated rings. The van der Waals surface area contributed by atoms with Gasteiger partial charge >= 0.3 is 0 Å². The number of nitrogens with zero attached hydrogens (tertiary/aromatic N) is 2. The van der Waals surface area contributed by atoms with Gasteiger partial charge in [0.25, 0.3) is 0 Å². The molecule has 1 N–H and O–H groups in total. The number of nitrogens with one attached hydrogen (secondary N) is 1. The number of rotatable bonds is 4. The number of hydrogen-bond donors (Lipinski definition) is 1. The topological polar surface area (TPSA) is 36.9 Å². The number of halogens is 1. The highest BCUT2D eigenvalue weighted by Gasteiger charge is 2.10. The molecule has 1 heterocycles. The van der Waals surface area contributed by atoms with E-state index in [0.717, 1.165) is 37.6 Å². The van der Waals surface area contributed by atoms with Crippen LogP contribution >= 0.6 is 11.6 Å². The number of anilines is 2. The molecule has 0 atom stereocenters. The lowest BCUT2D eigenvalue weighted by Gasteiger charge is -2.28. The van der Waals surface area contributed by atoms with Crippen LogP contribution < -0.4 is 10.3 Å². The Bertz CT molecular complexity index is 619. The summed E-state index contributed by atoms with van der Waals surface area (Å²) in [4.78, 5) is 2.33. The van der Waals surface area contributed by atoms with Gasteiger partial charge in [-0.2, -0.15) is 5.10 Å². The molecule has 0 radical (unpaired) electrons. The molecule has 2 aromatic carbocycles. The van der Waals surface area contributed by atoms with E-state index >= 15 is 0 Å². The summed E-state index contributed by atoms with van der Waals surface area (Å²) in [5, 5.41) is 4.95. The summed E-state index contributed by atoms with van der Waals surface area (Å²) in [5.74, 6) is 0. The van der Waals surface area contributed by atoms with Gasteiger partial charge in [-0.25, -0.2) is 0 Å². The van der Waals surface area contributed by atoms with Crippen LogP contribution in [0.5, 0.6) is 0 Å². The molecule has 0 spiro atoms. The minimum absolute atomic E-state index is 0.716. The van der Waals surface area contributed by atoms with E-state index in [-0.39, 0.29) is 0 Å². The van der Waals surface area contributed by atoms with Crippen LogP contribution in [0.4, 0.5) is 11.4 Å². The molecule has 5 heteroatoms. The predicted molar refractivity (Wildman–Crippen MR) is 92.1 cm³/mol. The molecule has 0 saturated carbocycles. The van der Waals surface area contributed by atoms with Crippen molar-refractivity contribution in [3.63, 3.8) is 0 Å². The van der Waals surface area contributed by atoms with Crippen molar-refractivity contribution in [2.45, 2.75) is 0 Å². The summed E-state index contributed by atoms with van der Waals surface area (Å²) >= 11 is 5.84. The van der Waals surface area contributed by atoms with E-state index in [1.807, 2.05) is 24.3 Å². The Labute approximate surface area is 135 Å². The van der Waals surface area contributed by atoms with Gasteiger partial charge < -0.3 is 9.64 Å². The lowest BCUT2D eigenvalue weighted by molar-refractivity contribution is 0.122. The van der Waals surface area contributed by atoms with Gasteiger partial charge in [-0.1, -0.05) is 23.7 Å². The third-order valence-electron chi connectivity index (χ3n) is 3.52. The Balaban J connectivity index is 1.58. The lowest BCUT2D eigenvalue weighted by Crippen LogP contribution is -2.36. The van der Waals surface area contributed by atoms with Crippen molar-refractivity contribution in [1.82, 2.24) is 0 Å². The first-order chi connectivity index (χ1) is 10.8. The molecule has 0 aromatic heterocycles. The van der Waals surface area contributed by atoms with E-state index in [1.54, 1.807) is 6.21 Å². The Morgan fingerprint density at radius 2 is 1.68 bits per heavy atom. The van der Waals surface area contributed by atoms with Gasteiger partial charge in [-0.15, -0.1) is 0 Å². The fraction of sp³-hybridized carbons (Fsp3) is 0.235. The van der Waals surface area contributed by atoms with Gasteiger partial charge in [0, 0.05) is 23.8 Å². The molecule has 0 amide bonds. The van der Waals surface area contributed by atoms with Gasteiger partial charge in [0.15, 0.2) is 0 Å². The molecule has 22 heavy (non-hydrogen) atoms. The highest BCUT2D eigenvalue weighted by Crippen LogP contribution is 2.16. The Hall–Kier alpha value is -2.04. The van der Waals surface area contributed by atoms with Crippen molar-refractivity contribution in [1.29, 1.82) is 0 Å². The van der Waals surface area contributed by atoms with E-state index in [9.17, 15) is 0 Å². The molecule has 1 saturated heterocycles. The van der Waals surface area contributed by atoms with Crippen molar-refractivity contribution in [3.05, 3.63) is 59.1 Å². The van der Waals surface area contributed by atoms with E-state index in [4.69, 9.17) is 16.3 Å². The second kappa shape index (κ2) is 7.29. The van der Waals surface area contributed by atoms with Gasteiger partial charge in [0.1, 0.15) is 0 Å². The minimum atomic E-state index is 0.716. The Kier molecular flexibility index (Phi) is 4.93. The zero-order valence-corrected chi connectivity index (χ0v) is 13.0. The van der Waals surface area contributed by atoms with Gasteiger partial charge in [0.2, 0.25) is 0 Å². The number of hydrogen-bond acceptors (Lipinski definition) is 4. The van der Waals surface area contributed by atoms with Crippen LogP contribution in [0.25, 0.3) is 0 Å². The largest absolute Gasteiger partial charge is 0.378 e. The van der Waals surface area contributed by atoms with Crippen molar-refractivity contribution >= 4 is 29.2 Å². The average molecular weight is 316 g/mol. The van der Waals surface area contributed by atoms with Crippen molar-refractivity contribution in [2.75, 3.05) is 36.6 Å². The fourth-order valence-electron chi connectivity index (χ4n) is 2.30. The monoisotopic (exact) mass is 315 g/mol. The number of morpholine rings is 1. The first kappa shape index (κ1) is 14.9. The van der Waals surface area contributed by atoms with E-state index in [2.05, 4.69) is 39.7 Å². The number of benzene rings is 2. The molecule has 114 valence electrons. The SMILES string of the molecule is Clc1ccc(NN=Cc2ccc(N3CCOCC3)cc2)cc1. The normalized spacial score (nSPS) is 15.2. The maximum Gasteiger partial charge on any atom is 0.0642 e. The summed E-state index contributed by atoms with van der Waals surface area (Å²) in [7, 11) is 0. The van der Waals surface area contributed by atoms with Gasteiger partial charge in [-0.05, 0) is 42.0 Å². The minimum Gasteiger partial charge on any atom is -0.378 e. The van der Waals surface area contributed by atoms with Crippen molar-refractivity contribution in [3.8, 4) is 0 Å². The second-order valence-electron chi connectivity index (χ2n) is 5.07. The molecule has 4 nitrogen and oxygen atoms in total. The van der Waals surface area contributed by atoms with Crippen LogP contribution in [0.15, 0.2) is 53.6 Å². The molecular formula is C17H18ClN3O. The van der Waals surface area contributed by atoms with Crippen LogP contribution in [0.1, 0.15) is 5.56 Å². The fourth-order valence-corrected chi connectivity index (χ4v) is 2.42. The predicted octanol–water partition coefficient (Wildman–Crippen LogP) is 3.62. The standard InChI is InChI=1S/C17H18ClN3O/c18-15-3-5-16(6-4-15)20-19-13-14-1-7-17(8-2-14)21-9-11-22-12-10-21/h1-8,13,20H,9-12H2. The van der Waals surface area contributed by atoms with Crippen LogP contribution in [0.2, 0.25) is 5.02 Å². The van der Waals surface area contributed by atoms with Crippen LogP contribution in [0.3, 0.4) is 0 Å². The molecule has 3 rings (SSSR count). The summed E-state index contributed by atoms with van der Waals surface area (Å²) in [6, 6.07) is 15.8. The van der Waals surface area contributed by atoms with Gasteiger partial charge in [0.05, 0.1) is 25.1 Å². The van der Waals surface area contributed by atoms with E-state index < -0.39 is 0 Å². The molecule has 1 aliphatic rings. The molecule has 0 aliphatic carbocycles. The zero-order chi connectivity index (χ0) is 15.2. The second-order valence-corrected chi connectivity index (χ2v) is 5.50. The molecule has 0 unspecified atom stereocenters. The smallest absolute Gasteiger partial charge is 0.0642 e. The maximum atomic E-state index is 5.84. The lowest BCUT2D eigenvalue weighted by atomic mass is 10.2. The van der Waals surface area contributed by atoms with Crippen molar-refractivity contribution < 1.29 is 4.74 Å². The van der Waals surface area contributed by atoms with E-state index in [0.29, 0.717) is 5.02 Å². The Morgan fingerprint density at radius 3 is 2.36 bits per heavy atom. The summed E-state index contributed by atoms with van der Waals surface area (Å²) < 4.78 is 5.37. The van der Waals surface area contributed by atoms with Crippen LogP contribution in [0, 0.1) is 0 Å². The quantitative estimate of drug-likeness (QED) is 0.691. The van der Waals surface area contributed by atoms with Crippen LogP contribution in [-0.4, -0.2) is 32.5 Å². The number of ether oxygens (including phenoxy) is 1. The first-order valence-corrected chi connectivity index (χ1v) is 7.66. The number of hydrazone groups is 1. The summed E-state index contributed by atoms with van der Waals surface area (Å²) in [6.07, 6.45) is 1.80. The third-order valence-corrected chi connectivity index (χ3v) is 3.77.